The molecule has 8 heteroatoms. The molecule has 1 fully saturated rings. The fourth-order valence-electron chi connectivity index (χ4n) is 5.22. The molecule has 5 rings (SSSR count). The Kier molecular flexibility index (Phi) is 8.03. The Morgan fingerprint density at radius 1 is 1.00 bits per heavy atom. The van der Waals surface area contributed by atoms with Crippen LogP contribution in [0.25, 0.3) is 11.1 Å². The van der Waals surface area contributed by atoms with Gasteiger partial charge in [0, 0.05) is 30.8 Å². The second-order valence-electron chi connectivity index (χ2n) is 9.68. The summed E-state index contributed by atoms with van der Waals surface area (Å²) >= 11 is 0. The van der Waals surface area contributed by atoms with Crippen LogP contribution in [-0.2, 0) is 25.6 Å². The number of hydrogen-bond acceptors (Lipinski definition) is 6. The van der Waals surface area contributed by atoms with E-state index in [1.165, 1.54) is 7.11 Å². The Morgan fingerprint density at radius 3 is 2.50 bits per heavy atom. The van der Waals surface area contributed by atoms with Crippen molar-refractivity contribution >= 4 is 17.5 Å². The molecule has 4 atom stereocenters. The number of carbonyl (C=O) groups is 2. The first-order valence-electron chi connectivity index (χ1n) is 12.8. The molecule has 2 heterocycles. The number of fused-ring (bicyclic) bond motifs is 3. The number of aliphatic hydroxyl groups is 1. The molecule has 3 N–H and O–H groups in total. The van der Waals surface area contributed by atoms with Crippen LogP contribution in [0, 0.1) is 0 Å². The van der Waals surface area contributed by atoms with Crippen molar-refractivity contribution in [3.05, 3.63) is 83.9 Å². The van der Waals surface area contributed by atoms with Crippen LogP contribution in [0.4, 0.5) is 5.69 Å². The van der Waals surface area contributed by atoms with Gasteiger partial charge in [0.1, 0.15) is 24.6 Å². The third-order valence-electron chi connectivity index (χ3n) is 7.02. The molecule has 2 aliphatic rings. The Bertz CT molecular complexity index is 1260. The zero-order valence-electron chi connectivity index (χ0n) is 21.3. The van der Waals surface area contributed by atoms with Crippen molar-refractivity contribution < 1.29 is 28.9 Å². The normalized spacial score (nSPS) is 21.6. The van der Waals surface area contributed by atoms with Gasteiger partial charge in [-0.3, -0.25) is 9.59 Å². The van der Waals surface area contributed by atoms with Gasteiger partial charge in [0.25, 0.3) is 0 Å². The average molecular weight is 517 g/mol. The van der Waals surface area contributed by atoms with E-state index < -0.39 is 6.10 Å². The number of hydrogen-bond donors (Lipinski definition) is 3. The molecule has 8 nitrogen and oxygen atoms in total. The van der Waals surface area contributed by atoms with Crippen molar-refractivity contribution in [1.29, 1.82) is 0 Å². The topological polar surface area (TPSA) is 106 Å². The Balaban J connectivity index is 1.19. The number of amides is 2. The molecule has 0 bridgehead atoms. The molecule has 0 spiro atoms. The van der Waals surface area contributed by atoms with Crippen LogP contribution in [0.3, 0.4) is 0 Å². The van der Waals surface area contributed by atoms with Gasteiger partial charge in [-0.1, -0.05) is 54.6 Å². The minimum Gasteiger partial charge on any atom is -0.487 e. The van der Waals surface area contributed by atoms with E-state index in [9.17, 15) is 14.7 Å². The van der Waals surface area contributed by atoms with Crippen LogP contribution in [0.1, 0.15) is 29.9 Å². The van der Waals surface area contributed by atoms with Crippen LogP contribution >= 0.6 is 0 Å². The molecule has 0 saturated carbocycles. The van der Waals surface area contributed by atoms with Gasteiger partial charge >= 0.3 is 0 Å². The van der Waals surface area contributed by atoms with Crippen LogP contribution in [0.5, 0.6) is 5.75 Å². The Morgan fingerprint density at radius 2 is 1.76 bits per heavy atom. The fourth-order valence-corrected chi connectivity index (χ4v) is 5.22. The molecule has 3 aromatic carbocycles. The monoisotopic (exact) mass is 516 g/mol. The van der Waals surface area contributed by atoms with Gasteiger partial charge in [-0.25, -0.2) is 0 Å². The van der Waals surface area contributed by atoms with E-state index in [0.717, 1.165) is 22.3 Å². The molecule has 2 aliphatic heterocycles. The Labute approximate surface area is 221 Å². The lowest BCUT2D eigenvalue weighted by Crippen LogP contribution is -2.47. The van der Waals surface area contributed by atoms with Gasteiger partial charge in [-0.2, -0.15) is 0 Å². The average Bonchev–Trinajstić information content (AvgIpc) is 3.30. The quantitative estimate of drug-likeness (QED) is 0.401. The third-order valence-corrected chi connectivity index (χ3v) is 7.02. The fraction of sp³-hybridized carbons (Fsp3) is 0.333. The molecule has 2 amide bonds. The van der Waals surface area contributed by atoms with Crippen molar-refractivity contribution in [3.8, 4) is 16.9 Å². The maximum Gasteiger partial charge on any atom is 0.250 e. The summed E-state index contributed by atoms with van der Waals surface area (Å²) in [5, 5.41) is 15.8. The summed E-state index contributed by atoms with van der Waals surface area (Å²) < 4.78 is 17.1. The van der Waals surface area contributed by atoms with E-state index in [0.29, 0.717) is 24.4 Å². The summed E-state index contributed by atoms with van der Waals surface area (Å²) in [4.78, 5) is 24.7. The largest absolute Gasteiger partial charge is 0.487 e. The summed E-state index contributed by atoms with van der Waals surface area (Å²) in [6, 6.07) is 23.8. The number of anilines is 1. The first-order valence-corrected chi connectivity index (χ1v) is 12.8. The predicted octanol–water partition coefficient (Wildman–Crippen LogP) is 3.64. The van der Waals surface area contributed by atoms with Gasteiger partial charge in [-0.15, -0.1) is 0 Å². The van der Waals surface area contributed by atoms with Crippen molar-refractivity contribution in [2.45, 2.75) is 43.6 Å². The van der Waals surface area contributed by atoms with Crippen molar-refractivity contribution in [2.75, 3.05) is 25.6 Å². The number of rotatable bonds is 9. The molecular weight excluding hydrogens is 484 g/mol. The number of benzene rings is 3. The van der Waals surface area contributed by atoms with Crippen molar-refractivity contribution in [1.82, 2.24) is 5.32 Å². The zero-order valence-corrected chi connectivity index (χ0v) is 21.3. The van der Waals surface area contributed by atoms with Crippen LogP contribution in [0.2, 0.25) is 0 Å². The van der Waals surface area contributed by atoms with E-state index in [4.69, 9.17) is 14.2 Å². The lowest BCUT2D eigenvalue weighted by Gasteiger charge is -2.37. The second kappa shape index (κ2) is 11.8. The summed E-state index contributed by atoms with van der Waals surface area (Å²) in [6.07, 6.45) is -0.502. The molecule has 3 aromatic rings. The maximum atomic E-state index is 12.8. The Hall–Kier alpha value is -3.72. The molecule has 0 radical (unpaired) electrons. The van der Waals surface area contributed by atoms with Crippen LogP contribution < -0.4 is 15.4 Å². The summed E-state index contributed by atoms with van der Waals surface area (Å²) in [5.41, 5.74) is 4.88. The highest BCUT2D eigenvalue weighted by Gasteiger charge is 2.46. The minimum absolute atomic E-state index is 0.0333. The van der Waals surface area contributed by atoms with E-state index in [1.54, 1.807) is 6.07 Å². The molecule has 38 heavy (non-hydrogen) atoms. The molecule has 0 aliphatic carbocycles. The SMILES string of the molecule is COCC(=O)Nc1ccc2c(c1)[C@@H]1C[C@H](CC(=O)NCc3ccc(-c4ccccc4)cc3)O[C@@H](CO)[C@@H]1O2. The van der Waals surface area contributed by atoms with Crippen LogP contribution in [-0.4, -0.2) is 55.6 Å². The van der Waals surface area contributed by atoms with Crippen molar-refractivity contribution in [2.24, 2.45) is 0 Å². The lowest BCUT2D eigenvalue weighted by atomic mass is 9.84. The number of aliphatic hydroxyl groups excluding tert-OH is 1. The lowest BCUT2D eigenvalue weighted by molar-refractivity contribution is -0.142. The molecule has 0 unspecified atom stereocenters. The summed E-state index contributed by atoms with van der Waals surface area (Å²) in [7, 11) is 1.47. The third kappa shape index (κ3) is 5.88. The number of carbonyl (C=O) groups excluding carboxylic acids is 2. The number of ether oxygens (including phenoxy) is 3. The predicted molar refractivity (Wildman–Crippen MR) is 143 cm³/mol. The van der Waals surface area contributed by atoms with Gasteiger partial charge < -0.3 is 30.0 Å². The van der Waals surface area contributed by atoms with Crippen LogP contribution in [0.15, 0.2) is 72.8 Å². The van der Waals surface area contributed by atoms with E-state index in [2.05, 4.69) is 34.9 Å². The van der Waals surface area contributed by atoms with Gasteiger partial charge in [-0.05, 0) is 41.3 Å². The number of nitrogens with one attached hydrogen (secondary N) is 2. The molecule has 0 aromatic heterocycles. The zero-order chi connectivity index (χ0) is 26.5. The summed E-state index contributed by atoms with van der Waals surface area (Å²) in [6.45, 7) is 0.180. The number of methoxy groups -OCH3 is 1. The maximum absolute atomic E-state index is 12.8. The van der Waals surface area contributed by atoms with Gasteiger partial charge in [0.05, 0.1) is 19.1 Å². The van der Waals surface area contributed by atoms with E-state index in [1.807, 2.05) is 42.5 Å². The highest BCUT2D eigenvalue weighted by Crippen LogP contribution is 2.47. The first kappa shape index (κ1) is 25.9. The van der Waals surface area contributed by atoms with Gasteiger partial charge in [0.2, 0.25) is 11.8 Å². The van der Waals surface area contributed by atoms with E-state index >= 15 is 0 Å². The highest BCUT2D eigenvalue weighted by atomic mass is 16.6. The van der Waals surface area contributed by atoms with E-state index in [-0.39, 0.29) is 49.6 Å². The standard InChI is InChI=1S/C30H32N2O6/c1-36-18-29(35)32-22-11-12-26-24(13-22)25-14-23(37-27(17-33)30(25)38-26)15-28(34)31-16-19-7-9-21(10-8-19)20-5-3-2-4-6-20/h2-13,23,25,27,30,33H,14-18H2,1H3,(H,31,34)(H,32,35)/t23-,25+,27+,30-/m1/s1. The second-order valence-corrected chi connectivity index (χ2v) is 9.68. The smallest absolute Gasteiger partial charge is 0.250 e. The minimum atomic E-state index is -0.545. The van der Waals surface area contributed by atoms with Gasteiger partial charge in [0.15, 0.2) is 0 Å². The molecular formula is C30H32N2O6. The first-order chi connectivity index (χ1) is 18.5. The molecule has 198 valence electrons. The highest BCUT2D eigenvalue weighted by molar-refractivity contribution is 5.92. The van der Waals surface area contributed by atoms with Crippen molar-refractivity contribution in [3.63, 3.8) is 0 Å². The summed E-state index contributed by atoms with van der Waals surface area (Å²) in [5.74, 6) is 0.290. The molecule has 1 saturated heterocycles.